The molecule has 36 heavy (non-hydrogen) atoms. The van der Waals surface area contributed by atoms with Crippen LogP contribution in [0.3, 0.4) is 0 Å². The van der Waals surface area contributed by atoms with Gasteiger partial charge in [-0.25, -0.2) is 15.0 Å². The van der Waals surface area contributed by atoms with Crippen LogP contribution < -0.4 is 16.0 Å². The van der Waals surface area contributed by atoms with Crippen molar-refractivity contribution >= 4 is 23.4 Å². The molecular weight excluding hydrogens is 452 g/mol. The predicted octanol–water partition coefficient (Wildman–Crippen LogP) is 3.11. The topological polar surface area (TPSA) is 98.3 Å². The first-order chi connectivity index (χ1) is 17.4. The molecule has 5 aliphatic rings. The monoisotopic (exact) mass is 486 g/mol. The van der Waals surface area contributed by atoms with Gasteiger partial charge >= 0.3 is 0 Å². The maximum Gasteiger partial charge on any atom is 0.234 e. The van der Waals surface area contributed by atoms with Crippen molar-refractivity contribution in [2.24, 2.45) is 0 Å². The second kappa shape index (κ2) is 10.6. The van der Waals surface area contributed by atoms with Crippen LogP contribution >= 0.6 is 0 Å². The van der Waals surface area contributed by atoms with E-state index in [9.17, 15) is 4.79 Å². The number of hydrogen-bond donors (Lipinski definition) is 3. The Morgan fingerprint density at radius 1 is 0.917 bits per heavy atom. The predicted molar refractivity (Wildman–Crippen MR) is 142 cm³/mol. The molecule has 9 nitrogen and oxygen atoms in total. The van der Waals surface area contributed by atoms with Gasteiger partial charge in [0.2, 0.25) is 11.9 Å². The highest BCUT2D eigenvalue weighted by atomic mass is 16.2. The molecule has 1 amide bonds. The van der Waals surface area contributed by atoms with Crippen molar-refractivity contribution in [2.75, 3.05) is 49.9 Å². The molecule has 2 atom stereocenters. The molecule has 0 radical (unpaired) electrons. The van der Waals surface area contributed by atoms with E-state index < -0.39 is 0 Å². The second-order valence-corrected chi connectivity index (χ2v) is 10.1. The summed E-state index contributed by atoms with van der Waals surface area (Å²) >= 11 is 0. The number of nitrogens with zero attached hydrogens (tertiary/aromatic N) is 5. The smallest absolute Gasteiger partial charge is 0.234 e. The average Bonchev–Trinajstić information content (AvgIpc) is 2.85. The number of hydrogen-bond acceptors (Lipinski definition) is 8. The zero-order chi connectivity index (χ0) is 25.0. The normalized spacial score (nSPS) is 22.2. The van der Waals surface area contributed by atoms with Gasteiger partial charge in [-0.2, -0.15) is 0 Å². The van der Waals surface area contributed by atoms with Crippen LogP contribution in [0, 0.1) is 0 Å². The van der Waals surface area contributed by atoms with Crippen LogP contribution in [0.1, 0.15) is 25.8 Å². The van der Waals surface area contributed by atoms with E-state index in [0.29, 0.717) is 25.6 Å². The van der Waals surface area contributed by atoms with E-state index in [-0.39, 0.29) is 11.4 Å². The summed E-state index contributed by atoms with van der Waals surface area (Å²) in [4.78, 5) is 30.7. The summed E-state index contributed by atoms with van der Waals surface area (Å²) in [7, 11) is 0. The van der Waals surface area contributed by atoms with E-state index in [1.807, 2.05) is 24.5 Å². The number of aromatic nitrogens is 3. The van der Waals surface area contributed by atoms with Crippen LogP contribution in [0.5, 0.6) is 0 Å². The Bertz CT molecular complexity index is 1200. The fourth-order valence-corrected chi connectivity index (χ4v) is 4.86. The van der Waals surface area contributed by atoms with Gasteiger partial charge in [0.05, 0.1) is 6.54 Å². The van der Waals surface area contributed by atoms with Gasteiger partial charge in [0.15, 0.2) is 0 Å². The molecule has 2 unspecified atom stereocenters. The minimum Gasteiger partial charge on any atom is -0.355 e. The molecule has 1 aromatic carbocycles. The summed E-state index contributed by atoms with van der Waals surface area (Å²) in [5.41, 5.74) is 4.12. The van der Waals surface area contributed by atoms with Crippen molar-refractivity contribution in [1.82, 2.24) is 30.1 Å². The minimum atomic E-state index is -0.0370. The van der Waals surface area contributed by atoms with Crippen LogP contribution in [0.25, 0.3) is 11.1 Å². The molecule has 1 saturated heterocycles. The van der Waals surface area contributed by atoms with Crippen LogP contribution in [0.15, 0.2) is 55.0 Å². The van der Waals surface area contributed by atoms with Gasteiger partial charge in [0, 0.05) is 74.6 Å². The third-order valence-electron chi connectivity index (χ3n) is 6.80. The van der Waals surface area contributed by atoms with E-state index >= 15 is 0 Å². The maximum absolute atomic E-state index is 12.5. The van der Waals surface area contributed by atoms with Gasteiger partial charge in [-0.15, -0.1) is 0 Å². The SMILES string of the molecule is CC1(C)CN2CCN1Cc1cccc(c1)Nc1cc(ccn1)-c1cnc(nc1)NCCCNC(=O)C2. The number of rotatable bonds is 0. The summed E-state index contributed by atoms with van der Waals surface area (Å²) in [5.74, 6) is 1.43. The molecule has 0 spiro atoms. The van der Waals surface area contributed by atoms with Gasteiger partial charge < -0.3 is 16.0 Å². The minimum absolute atomic E-state index is 0.0370. The first-order valence-electron chi connectivity index (χ1n) is 12.6. The number of carbonyl (C=O) groups is 1. The lowest BCUT2D eigenvalue weighted by molar-refractivity contribution is -0.123. The summed E-state index contributed by atoms with van der Waals surface area (Å²) in [6.45, 7) is 9.76. The lowest BCUT2D eigenvalue weighted by Gasteiger charge is -2.47. The number of benzene rings is 1. The van der Waals surface area contributed by atoms with Crippen LogP contribution in [-0.4, -0.2) is 75.5 Å². The number of carbonyl (C=O) groups excluding carboxylic acids is 1. The summed E-state index contributed by atoms with van der Waals surface area (Å²) in [6.07, 6.45) is 6.22. The first kappa shape index (κ1) is 24.1. The maximum atomic E-state index is 12.5. The highest BCUT2D eigenvalue weighted by molar-refractivity contribution is 5.78. The Labute approximate surface area is 212 Å². The molecule has 188 valence electrons. The van der Waals surface area contributed by atoms with Gasteiger partial charge in [0.25, 0.3) is 0 Å². The van der Waals surface area contributed by atoms with E-state index in [1.54, 1.807) is 6.20 Å². The molecule has 0 saturated carbocycles. The van der Waals surface area contributed by atoms with E-state index in [2.05, 4.69) is 78.8 Å². The molecule has 3 aromatic rings. The molecule has 0 aliphatic carbocycles. The van der Waals surface area contributed by atoms with E-state index in [1.165, 1.54) is 5.56 Å². The van der Waals surface area contributed by atoms with Crippen molar-refractivity contribution in [3.05, 3.63) is 60.6 Å². The third-order valence-corrected chi connectivity index (χ3v) is 6.80. The van der Waals surface area contributed by atoms with Gasteiger partial charge in [0.1, 0.15) is 5.82 Å². The van der Waals surface area contributed by atoms with Crippen molar-refractivity contribution in [2.45, 2.75) is 32.4 Å². The van der Waals surface area contributed by atoms with Crippen LogP contribution in [0.2, 0.25) is 0 Å². The standard InChI is InChI=1S/C27H34N8O/c1-27(2)19-34-11-12-35(27)17-20-5-3-6-23(13-20)33-24-14-21(7-10-28-24)22-15-31-26(32-16-22)30-9-4-8-29-25(36)18-34/h3,5-7,10,13-16H,4,8-9,11-12,17-19H2,1-2H3,(H,28,33)(H,29,36)(H,30,31,32). The number of amides is 1. The average molecular weight is 487 g/mol. The number of anilines is 3. The molecule has 8 bridgehead atoms. The molecule has 5 aliphatic heterocycles. The van der Waals surface area contributed by atoms with Gasteiger partial charge in [-0.3, -0.25) is 14.6 Å². The zero-order valence-electron chi connectivity index (χ0n) is 21.0. The highest BCUT2D eigenvalue weighted by Crippen LogP contribution is 2.26. The van der Waals surface area contributed by atoms with Crippen molar-refractivity contribution in [3.63, 3.8) is 0 Å². The van der Waals surface area contributed by atoms with E-state index in [4.69, 9.17) is 0 Å². The molecule has 2 aromatic heterocycles. The third kappa shape index (κ3) is 5.98. The largest absolute Gasteiger partial charge is 0.355 e. The number of nitrogens with one attached hydrogen (secondary N) is 3. The summed E-state index contributed by atoms with van der Waals surface area (Å²) < 4.78 is 0. The van der Waals surface area contributed by atoms with Crippen LogP contribution in [-0.2, 0) is 11.3 Å². The fraction of sp³-hybridized carbons (Fsp3) is 0.407. The van der Waals surface area contributed by atoms with Crippen molar-refractivity contribution < 1.29 is 4.79 Å². The van der Waals surface area contributed by atoms with E-state index in [0.717, 1.165) is 55.2 Å². The lowest BCUT2D eigenvalue weighted by atomic mass is 9.97. The van der Waals surface area contributed by atoms with Crippen LogP contribution in [0.4, 0.5) is 17.5 Å². The van der Waals surface area contributed by atoms with Crippen molar-refractivity contribution in [3.8, 4) is 11.1 Å². The van der Waals surface area contributed by atoms with Crippen molar-refractivity contribution in [1.29, 1.82) is 0 Å². The number of pyridine rings is 1. The first-order valence-corrected chi connectivity index (χ1v) is 12.6. The highest BCUT2D eigenvalue weighted by Gasteiger charge is 2.34. The Hall–Kier alpha value is -3.56. The number of piperazine rings is 1. The molecule has 1 fully saturated rings. The summed E-state index contributed by atoms with van der Waals surface area (Å²) in [5, 5.41) is 9.73. The van der Waals surface area contributed by atoms with Gasteiger partial charge in [-0.1, -0.05) is 12.1 Å². The second-order valence-electron chi connectivity index (χ2n) is 10.1. The Morgan fingerprint density at radius 2 is 1.75 bits per heavy atom. The Kier molecular flexibility index (Phi) is 7.11. The molecule has 9 heteroatoms. The zero-order valence-corrected chi connectivity index (χ0v) is 21.0. The Balaban J connectivity index is 1.39. The molecule has 3 N–H and O–H groups in total. The molecule has 8 rings (SSSR count). The fourth-order valence-electron chi connectivity index (χ4n) is 4.86. The van der Waals surface area contributed by atoms with Gasteiger partial charge in [-0.05, 0) is 55.7 Å². The quantitative estimate of drug-likeness (QED) is 0.446. The lowest BCUT2D eigenvalue weighted by Crippen LogP contribution is -2.59. The molecular formula is C27H34N8O. The Morgan fingerprint density at radius 3 is 2.58 bits per heavy atom. The summed E-state index contributed by atoms with van der Waals surface area (Å²) in [6, 6.07) is 12.5. The molecule has 7 heterocycles.